The van der Waals surface area contributed by atoms with E-state index in [-0.39, 0.29) is 19.1 Å². The Balaban J connectivity index is 1.57. The number of ether oxygens (including phenoxy) is 2. The van der Waals surface area contributed by atoms with Crippen molar-refractivity contribution in [1.29, 1.82) is 0 Å². The molecule has 0 spiro atoms. The zero-order valence-electron chi connectivity index (χ0n) is 17.9. The normalized spacial score (nSPS) is 15.8. The lowest BCUT2D eigenvalue weighted by molar-refractivity contribution is -0.142. The molecular weight excluding hydrogens is 428 g/mol. The maximum atomic E-state index is 13.4. The Morgan fingerprint density at radius 1 is 1.22 bits per heavy atom. The first-order valence-electron chi connectivity index (χ1n) is 10.4. The van der Waals surface area contributed by atoms with Crippen molar-refractivity contribution in [2.75, 3.05) is 25.2 Å². The van der Waals surface area contributed by atoms with Gasteiger partial charge in [-0.25, -0.2) is 4.98 Å². The third kappa shape index (κ3) is 4.62. The van der Waals surface area contributed by atoms with Gasteiger partial charge in [-0.1, -0.05) is 42.1 Å². The van der Waals surface area contributed by atoms with Crippen LogP contribution in [0.15, 0.2) is 53.7 Å². The molecule has 1 aromatic heterocycles. The second kappa shape index (κ2) is 9.86. The van der Waals surface area contributed by atoms with Crippen molar-refractivity contribution in [2.24, 2.45) is 0 Å². The number of methoxy groups -OCH3 is 1. The summed E-state index contributed by atoms with van der Waals surface area (Å²) in [7, 11) is 1.60. The third-order valence-electron chi connectivity index (χ3n) is 5.17. The second-order valence-corrected chi connectivity index (χ2v) is 8.34. The van der Waals surface area contributed by atoms with E-state index in [9.17, 15) is 9.59 Å². The van der Waals surface area contributed by atoms with Gasteiger partial charge in [0.2, 0.25) is 11.1 Å². The van der Waals surface area contributed by atoms with Crippen molar-refractivity contribution in [3.05, 3.63) is 54.1 Å². The Bertz CT molecular complexity index is 1120. The van der Waals surface area contributed by atoms with E-state index in [0.717, 1.165) is 16.8 Å². The van der Waals surface area contributed by atoms with Gasteiger partial charge in [0.25, 0.3) is 0 Å². The summed E-state index contributed by atoms with van der Waals surface area (Å²) in [6, 6.07) is 15.2. The van der Waals surface area contributed by atoms with Crippen LogP contribution in [0.4, 0.5) is 5.69 Å². The minimum Gasteiger partial charge on any atom is -0.496 e. The van der Waals surface area contributed by atoms with E-state index in [1.165, 1.54) is 16.7 Å². The molecule has 1 atom stereocenters. The number of nitrogens with zero attached hydrogens (tertiary/aromatic N) is 3. The molecule has 0 bridgehead atoms. The van der Waals surface area contributed by atoms with Gasteiger partial charge in [-0.3, -0.25) is 19.6 Å². The molecule has 1 aliphatic heterocycles. The van der Waals surface area contributed by atoms with Crippen LogP contribution in [0.3, 0.4) is 0 Å². The number of thioether (sulfide) groups is 1. The first kappa shape index (κ1) is 21.9. The number of nitrogens with one attached hydrogen (secondary N) is 1. The number of anilines is 1. The van der Waals surface area contributed by atoms with E-state index in [2.05, 4.69) is 15.2 Å². The van der Waals surface area contributed by atoms with Crippen molar-refractivity contribution in [2.45, 2.75) is 30.2 Å². The molecule has 1 N–H and O–H groups in total. The minimum atomic E-state index is -0.433. The Labute approximate surface area is 190 Å². The second-order valence-electron chi connectivity index (χ2n) is 7.17. The number of para-hydroxylation sites is 2. The lowest BCUT2D eigenvalue weighted by Gasteiger charge is -2.24. The summed E-state index contributed by atoms with van der Waals surface area (Å²) in [6.07, 6.45) is 1.32. The molecule has 0 unspecified atom stereocenters. The van der Waals surface area contributed by atoms with Crippen molar-refractivity contribution in [1.82, 2.24) is 15.2 Å². The number of aromatic amines is 1. The summed E-state index contributed by atoms with van der Waals surface area (Å²) in [6.45, 7) is 1.89. The number of H-pyrrole nitrogens is 1. The molecule has 3 aromatic rings. The highest BCUT2D eigenvalue weighted by molar-refractivity contribution is 8.00. The van der Waals surface area contributed by atoms with E-state index in [0.29, 0.717) is 29.6 Å². The smallest absolute Gasteiger partial charge is 0.326 e. The monoisotopic (exact) mass is 452 g/mol. The molecule has 2 heterocycles. The quantitative estimate of drug-likeness (QED) is 0.548. The zero-order valence-corrected chi connectivity index (χ0v) is 18.7. The van der Waals surface area contributed by atoms with Gasteiger partial charge in [-0.2, -0.15) is 0 Å². The fourth-order valence-corrected chi connectivity index (χ4v) is 4.64. The molecule has 0 saturated heterocycles. The summed E-state index contributed by atoms with van der Waals surface area (Å²) < 4.78 is 10.5. The van der Waals surface area contributed by atoms with Crippen molar-refractivity contribution >= 4 is 29.3 Å². The maximum absolute atomic E-state index is 13.4. The average Bonchev–Trinajstić information content (AvgIpc) is 3.24. The fraction of sp³-hybridized carbons (Fsp3) is 0.304. The Hall–Kier alpha value is -3.33. The summed E-state index contributed by atoms with van der Waals surface area (Å²) in [4.78, 5) is 31.7. The Kier molecular flexibility index (Phi) is 6.75. The third-order valence-corrected chi connectivity index (χ3v) is 6.28. The lowest BCUT2D eigenvalue weighted by Crippen LogP contribution is -2.41. The lowest BCUT2D eigenvalue weighted by atomic mass is 10.1. The van der Waals surface area contributed by atoms with Gasteiger partial charge in [-0.05, 0) is 43.5 Å². The molecule has 4 rings (SSSR count). The van der Waals surface area contributed by atoms with Crippen LogP contribution in [-0.2, 0) is 20.7 Å². The Morgan fingerprint density at radius 3 is 2.81 bits per heavy atom. The highest BCUT2D eigenvalue weighted by atomic mass is 32.2. The van der Waals surface area contributed by atoms with Crippen LogP contribution >= 0.6 is 11.8 Å². The van der Waals surface area contributed by atoms with Crippen LogP contribution < -0.4 is 9.64 Å². The Morgan fingerprint density at radius 2 is 2.00 bits per heavy atom. The highest BCUT2D eigenvalue weighted by Crippen LogP contribution is 2.34. The molecule has 1 amide bonds. The van der Waals surface area contributed by atoms with Gasteiger partial charge in [0.15, 0.2) is 5.82 Å². The van der Waals surface area contributed by atoms with Gasteiger partial charge < -0.3 is 9.47 Å². The number of esters is 1. The number of carbonyl (C=O) groups is 2. The molecular formula is C23H24N4O4S. The fourth-order valence-electron chi connectivity index (χ4n) is 3.68. The number of carbonyl (C=O) groups excluding carboxylic acids is 2. The number of hydrogen-bond acceptors (Lipinski definition) is 7. The maximum Gasteiger partial charge on any atom is 0.326 e. The highest BCUT2D eigenvalue weighted by Gasteiger charge is 2.33. The van der Waals surface area contributed by atoms with Crippen molar-refractivity contribution < 1.29 is 19.1 Å². The van der Waals surface area contributed by atoms with Gasteiger partial charge in [-0.15, -0.1) is 5.10 Å². The zero-order chi connectivity index (χ0) is 22.5. The molecule has 2 aromatic carbocycles. The van der Waals surface area contributed by atoms with Crippen LogP contribution in [0.5, 0.6) is 5.75 Å². The van der Waals surface area contributed by atoms with Crippen LogP contribution in [0.25, 0.3) is 11.4 Å². The van der Waals surface area contributed by atoms with E-state index >= 15 is 0 Å². The number of aromatic nitrogens is 3. The van der Waals surface area contributed by atoms with Gasteiger partial charge in [0, 0.05) is 5.69 Å². The van der Waals surface area contributed by atoms with Crippen LogP contribution in [0.1, 0.15) is 18.9 Å². The molecule has 9 heteroatoms. The SMILES string of the molecule is CCOC(=O)CN1C(=O)[C@@H](Sc2n[nH]c(-c3ccccc3OC)n2)CCc2ccccc21. The molecule has 0 saturated carbocycles. The average molecular weight is 453 g/mol. The predicted octanol–water partition coefficient (Wildman–Crippen LogP) is 3.48. The minimum absolute atomic E-state index is 0.124. The van der Waals surface area contributed by atoms with E-state index in [1.54, 1.807) is 14.0 Å². The van der Waals surface area contributed by atoms with E-state index in [1.807, 2.05) is 48.5 Å². The van der Waals surface area contributed by atoms with E-state index < -0.39 is 11.2 Å². The topological polar surface area (TPSA) is 97.4 Å². The summed E-state index contributed by atoms with van der Waals surface area (Å²) >= 11 is 1.29. The van der Waals surface area contributed by atoms with Crippen LogP contribution in [0, 0.1) is 0 Å². The number of fused-ring (bicyclic) bond motifs is 1. The summed E-state index contributed by atoms with van der Waals surface area (Å²) in [5.74, 6) is 0.661. The molecule has 32 heavy (non-hydrogen) atoms. The number of amides is 1. The van der Waals surface area contributed by atoms with Crippen molar-refractivity contribution in [3.8, 4) is 17.1 Å². The standard InChI is InChI=1S/C23H24N4O4S/c1-3-31-20(28)14-27-17-10-6-4-8-15(17)12-13-19(22(27)29)32-23-24-21(25-26-23)16-9-5-7-11-18(16)30-2/h4-11,19H,3,12-14H2,1-2H3,(H,24,25,26)/t19-/m0/s1. The molecule has 0 radical (unpaired) electrons. The molecule has 166 valence electrons. The van der Waals surface area contributed by atoms with Crippen molar-refractivity contribution in [3.63, 3.8) is 0 Å². The summed E-state index contributed by atoms with van der Waals surface area (Å²) in [5.41, 5.74) is 2.56. The van der Waals surface area contributed by atoms with Gasteiger partial charge in [0.05, 0.1) is 24.5 Å². The largest absolute Gasteiger partial charge is 0.496 e. The number of benzene rings is 2. The molecule has 0 fully saturated rings. The summed E-state index contributed by atoms with van der Waals surface area (Å²) in [5, 5.41) is 7.27. The first-order chi connectivity index (χ1) is 15.6. The molecule has 8 nitrogen and oxygen atoms in total. The number of hydrogen-bond donors (Lipinski definition) is 1. The van der Waals surface area contributed by atoms with Crippen LogP contribution in [0.2, 0.25) is 0 Å². The molecule has 0 aliphatic carbocycles. The number of aryl methyl sites for hydroxylation is 1. The molecule has 1 aliphatic rings. The van der Waals surface area contributed by atoms with Crippen LogP contribution in [-0.4, -0.2) is 52.6 Å². The first-order valence-corrected chi connectivity index (χ1v) is 11.3. The van der Waals surface area contributed by atoms with E-state index in [4.69, 9.17) is 9.47 Å². The predicted molar refractivity (Wildman–Crippen MR) is 122 cm³/mol. The van der Waals surface area contributed by atoms with Gasteiger partial charge >= 0.3 is 5.97 Å². The van der Waals surface area contributed by atoms with Gasteiger partial charge in [0.1, 0.15) is 12.3 Å². The number of rotatable bonds is 7.